The van der Waals surface area contributed by atoms with Crippen LogP contribution in [-0.4, -0.2) is 49.1 Å². The summed E-state index contributed by atoms with van der Waals surface area (Å²) in [5.74, 6) is 1.19. The molecule has 2 rings (SSSR count). The van der Waals surface area contributed by atoms with Crippen LogP contribution in [0.25, 0.3) is 0 Å². The summed E-state index contributed by atoms with van der Waals surface area (Å²) in [7, 11) is 0. The second-order valence-corrected chi connectivity index (χ2v) is 6.66. The Balaban J connectivity index is 2.01. The molecule has 2 aliphatic rings. The first-order valence-corrected chi connectivity index (χ1v) is 8.20. The van der Waals surface area contributed by atoms with Crippen LogP contribution in [0.4, 0.5) is 0 Å². The molecule has 3 atom stereocenters. The molecule has 5 heteroatoms. The summed E-state index contributed by atoms with van der Waals surface area (Å²) >= 11 is 0. The summed E-state index contributed by atoms with van der Waals surface area (Å²) in [5.41, 5.74) is 0. The number of rotatable bonds is 6. The Labute approximate surface area is 127 Å². The van der Waals surface area contributed by atoms with Gasteiger partial charge in [-0.05, 0) is 44.1 Å². The summed E-state index contributed by atoms with van der Waals surface area (Å²) in [4.78, 5) is 26.2. The minimum atomic E-state index is -0.313. The summed E-state index contributed by atoms with van der Waals surface area (Å²) in [6.07, 6.45) is 3.58. The molecular formula is C16H28N2O3. The summed E-state index contributed by atoms with van der Waals surface area (Å²) in [6.45, 7) is 7.88. The predicted octanol–water partition coefficient (Wildman–Crippen LogP) is 1.42. The molecule has 2 fully saturated rings. The molecule has 1 saturated carbocycles. The zero-order chi connectivity index (χ0) is 15.4. The van der Waals surface area contributed by atoms with Crippen molar-refractivity contribution in [1.29, 1.82) is 0 Å². The zero-order valence-electron chi connectivity index (χ0n) is 13.4. The van der Waals surface area contributed by atoms with E-state index in [9.17, 15) is 9.59 Å². The number of carbonyl (C=O) groups is 2. The largest absolute Gasteiger partial charge is 0.465 e. The van der Waals surface area contributed by atoms with Crippen LogP contribution >= 0.6 is 0 Å². The van der Waals surface area contributed by atoms with E-state index in [1.807, 2.05) is 0 Å². The van der Waals surface area contributed by atoms with Gasteiger partial charge in [0.1, 0.15) is 6.54 Å². The highest BCUT2D eigenvalue weighted by molar-refractivity contribution is 5.86. The van der Waals surface area contributed by atoms with Crippen LogP contribution in [-0.2, 0) is 14.3 Å². The number of hydrogen-bond donors (Lipinski definition) is 1. The van der Waals surface area contributed by atoms with Crippen molar-refractivity contribution in [1.82, 2.24) is 10.2 Å². The molecule has 0 aromatic heterocycles. The number of hydrogen-bond acceptors (Lipinski definition) is 4. The van der Waals surface area contributed by atoms with E-state index >= 15 is 0 Å². The quantitative estimate of drug-likeness (QED) is 0.753. The van der Waals surface area contributed by atoms with E-state index in [1.165, 1.54) is 12.8 Å². The maximum Gasteiger partial charge on any atom is 0.325 e. The lowest BCUT2D eigenvalue weighted by Gasteiger charge is -2.28. The maximum absolute atomic E-state index is 12.8. The number of carbonyl (C=O) groups excluding carboxylic acids is 2. The smallest absolute Gasteiger partial charge is 0.325 e. The molecule has 3 unspecified atom stereocenters. The molecule has 120 valence electrons. The molecule has 1 saturated heterocycles. The third-order valence-electron chi connectivity index (χ3n) is 4.53. The van der Waals surface area contributed by atoms with Crippen molar-refractivity contribution < 1.29 is 14.3 Å². The van der Waals surface area contributed by atoms with Gasteiger partial charge in [-0.15, -0.1) is 0 Å². The first-order chi connectivity index (χ1) is 10.0. The minimum absolute atomic E-state index is 0.0699. The van der Waals surface area contributed by atoms with E-state index in [1.54, 1.807) is 11.8 Å². The van der Waals surface area contributed by atoms with Gasteiger partial charge in [-0.25, -0.2) is 0 Å². The Kier molecular flexibility index (Phi) is 5.62. The Morgan fingerprint density at radius 1 is 1.33 bits per heavy atom. The van der Waals surface area contributed by atoms with Crippen LogP contribution < -0.4 is 5.32 Å². The van der Waals surface area contributed by atoms with Crippen LogP contribution in [0.2, 0.25) is 0 Å². The number of fused-ring (bicyclic) bond motifs is 1. The molecule has 5 nitrogen and oxygen atoms in total. The van der Waals surface area contributed by atoms with Crippen molar-refractivity contribution in [3.63, 3.8) is 0 Å². The molecule has 1 N–H and O–H groups in total. The lowest BCUT2D eigenvalue weighted by Crippen LogP contribution is -2.49. The normalized spacial score (nSPS) is 27.7. The van der Waals surface area contributed by atoms with Crippen molar-refractivity contribution in [3.8, 4) is 0 Å². The highest BCUT2D eigenvalue weighted by Crippen LogP contribution is 2.38. The number of ether oxygens (including phenoxy) is 1. The molecule has 21 heavy (non-hydrogen) atoms. The van der Waals surface area contributed by atoms with Crippen molar-refractivity contribution in [2.45, 2.75) is 46.1 Å². The SMILES string of the molecule is CCOC(=O)CN(CC(C)C)C(=O)C1NCC2CCCC21. The van der Waals surface area contributed by atoms with Crippen molar-refractivity contribution in [2.24, 2.45) is 17.8 Å². The van der Waals surface area contributed by atoms with Gasteiger partial charge in [0.25, 0.3) is 0 Å². The first kappa shape index (κ1) is 16.3. The van der Waals surface area contributed by atoms with Crippen LogP contribution in [0.3, 0.4) is 0 Å². The number of amides is 1. The van der Waals surface area contributed by atoms with Gasteiger partial charge in [0.2, 0.25) is 5.91 Å². The predicted molar refractivity (Wildman–Crippen MR) is 80.7 cm³/mol. The number of nitrogens with zero attached hydrogens (tertiary/aromatic N) is 1. The molecule has 0 radical (unpaired) electrons. The standard InChI is InChI=1S/C16H28N2O3/c1-4-21-14(19)10-18(9-11(2)3)16(20)15-13-7-5-6-12(13)8-17-15/h11-13,15,17H,4-10H2,1-3H3. The van der Waals surface area contributed by atoms with E-state index in [2.05, 4.69) is 19.2 Å². The van der Waals surface area contributed by atoms with Gasteiger partial charge >= 0.3 is 5.97 Å². The topological polar surface area (TPSA) is 58.6 Å². The van der Waals surface area contributed by atoms with Crippen molar-refractivity contribution in [3.05, 3.63) is 0 Å². The summed E-state index contributed by atoms with van der Waals surface area (Å²) < 4.78 is 5.00. The van der Waals surface area contributed by atoms with Crippen LogP contribution in [0.1, 0.15) is 40.0 Å². The Bertz CT molecular complexity index is 384. The Morgan fingerprint density at radius 2 is 2.10 bits per heavy atom. The fourth-order valence-corrected chi connectivity index (χ4v) is 3.69. The van der Waals surface area contributed by atoms with Crippen LogP contribution in [0, 0.1) is 17.8 Å². The maximum atomic E-state index is 12.8. The van der Waals surface area contributed by atoms with E-state index < -0.39 is 0 Å². The minimum Gasteiger partial charge on any atom is -0.465 e. The third-order valence-corrected chi connectivity index (χ3v) is 4.53. The van der Waals surface area contributed by atoms with Gasteiger partial charge in [-0.3, -0.25) is 9.59 Å². The van der Waals surface area contributed by atoms with Gasteiger partial charge in [0, 0.05) is 6.54 Å². The molecule has 1 heterocycles. The molecule has 1 aliphatic heterocycles. The highest BCUT2D eigenvalue weighted by atomic mass is 16.5. The second-order valence-electron chi connectivity index (χ2n) is 6.66. The molecule has 0 aromatic rings. The molecule has 0 bridgehead atoms. The lowest BCUT2D eigenvalue weighted by molar-refractivity contribution is -0.150. The van der Waals surface area contributed by atoms with E-state index in [4.69, 9.17) is 4.74 Å². The number of nitrogens with one attached hydrogen (secondary N) is 1. The number of esters is 1. The van der Waals surface area contributed by atoms with Crippen LogP contribution in [0.15, 0.2) is 0 Å². The average molecular weight is 296 g/mol. The van der Waals surface area contributed by atoms with Gasteiger partial charge in [0.15, 0.2) is 0 Å². The molecule has 0 aromatic carbocycles. The van der Waals surface area contributed by atoms with Gasteiger partial charge < -0.3 is 15.0 Å². The molecule has 1 aliphatic carbocycles. The third kappa shape index (κ3) is 3.96. The average Bonchev–Trinajstić information content (AvgIpc) is 2.99. The monoisotopic (exact) mass is 296 g/mol. The molecular weight excluding hydrogens is 268 g/mol. The van der Waals surface area contributed by atoms with E-state index in [0.29, 0.717) is 30.9 Å². The van der Waals surface area contributed by atoms with Crippen LogP contribution in [0.5, 0.6) is 0 Å². The van der Waals surface area contributed by atoms with Gasteiger partial charge in [0.05, 0.1) is 12.6 Å². The Morgan fingerprint density at radius 3 is 2.76 bits per heavy atom. The zero-order valence-corrected chi connectivity index (χ0v) is 13.4. The van der Waals surface area contributed by atoms with Crippen molar-refractivity contribution in [2.75, 3.05) is 26.2 Å². The highest BCUT2D eigenvalue weighted by Gasteiger charge is 2.44. The second kappa shape index (κ2) is 7.25. The Hall–Kier alpha value is -1.10. The summed E-state index contributed by atoms with van der Waals surface area (Å²) in [6, 6.07) is -0.106. The molecule has 1 amide bonds. The van der Waals surface area contributed by atoms with E-state index in [0.717, 1.165) is 13.0 Å². The van der Waals surface area contributed by atoms with Gasteiger partial charge in [-0.2, -0.15) is 0 Å². The molecule has 0 spiro atoms. The fraction of sp³-hybridized carbons (Fsp3) is 0.875. The fourth-order valence-electron chi connectivity index (χ4n) is 3.69. The summed E-state index contributed by atoms with van der Waals surface area (Å²) in [5, 5.41) is 3.37. The van der Waals surface area contributed by atoms with Crippen molar-refractivity contribution >= 4 is 11.9 Å². The van der Waals surface area contributed by atoms with E-state index in [-0.39, 0.29) is 24.5 Å². The van der Waals surface area contributed by atoms with Gasteiger partial charge in [-0.1, -0.05) is 20.3 Å². The first-order valence-electron chi connectivity index (χ1n) is 8.20. The lowest BCUT2D eigenvalue weighted by atomic mass is 9.93.